The van der Waals surface area contributed by atoms with Crippen LogP contribution < -0.4 is 0 Å². The Labute approximate surface area is 85.0 Å². The van der Waals surface area contributed by atoms with Gasteiger partial charge in [-0.1, -0.05) is 32.6 Å². The zero-order valence-corrected chi connectivity index (χ0v) is 9.69. The molecular weight excluding hydrogens is 208 g/mol. The van der Waals surface area contributed by atoms with Gasteiger partial charge in [0.2, 0.25) is 0 Å². The van der Waals surface area contributed by atoms with Gasteiger partial charge in [0.25, 0.3) is 9.05 Å². The van der Waals surface area contributed by atoms with Crippen LogP contribution in [0.1, 0.15) is 20.8 Å². The van der Waals surface area contributed by atoms with Gasteiger partial charge in [-0.05, 0) is 19.1 Å². The van der Waals surface area contributed by atoms with Crippen molar-refractivity contribution in [2.45, 2.75) is 20.8 Å². The molecule has 0 N–H and O–H groups in total. The Hall–Kier alpha value is -0.540. The molecule has 13 heavy (non-hydrogen) atoms. The van der Waals surface area contributed by atoms with Crippen LogP contribution in [0, 0.1) is 0 Å². The lowest BCUT2D eigenvalue weighted by atomic mass is 10.4. The molecule has 0 bridgehead atoms. The van der Waals surface area contributed by atoms with E-state index >= 15 is 0 Å². The van der Waals surface area contributed by atoms with Gasteiger partial charge in [-0.25, -0.2) is 8.42 Å². The molecule has 0 saturated heterocycles. The number of halogens is 1. The van der Waals surface area contributed by atoms with Crippen molar-refractivity contribution in [1.29, 1.82) is 0 Å². The van der Waals surface area contributed by atoms with Crippen LogP contribution in [-0.4, -0.2) is 8.42 Å². The van der Waals surface area contributed by atoms with Crippen LogP contribution in [0.15, 0.2) is 35.8 Å². The fourth-order valence-electron chi connectivity index (χ4n) is 0.499. The van der Waals surface area contributed by atoms with Crippen LogP contribution in [0.25, 0.3) is 0 Å². The quantitative estimate of drug-likeness (QED) is 0.543. The Morgan fingerprint density at radius 2 is 1.85 bits per heavy atom. The minimum absolute atomic E-state index is 0.0525. The molecule has 4 heteroatoms. The van der Waals surface area contributed by atoms with E-state index in [0.29, 0.717) is 0 Å². The smallest absolute Gasteiger partial charge is 0.207 e. The summed E-state index contributed by atoms with van der Waals surface area (Å²) in [5.74, 6) is 0. The van der Waals surface area contributed by atoms with E-state index in [4.69, 9.17) is 10.7 Å². The van der Waals surface area contributed by atoms with Gasteiger partial charge in [0.05, 0.1) is 4.91 Å². The maximum absolute atomic E-state index is 10.7. The molecule has 0 aliphatic heterocycles. The third-order valence-corrected chi connectivity index (χ3v) is 2.26. The van der Waals surface area contributed by atoms with Gasteiger partial charge in [-0.15, -0.1) is 0 Å². The lowest BCUT2D eigenvalue weighted by Gasteiger charge is -1.92. The highest BCUT2D eigenvalue weighted by Gasteiger charge is 2.08. The van der Waals surface area contributed by atoms with E-state index < -0.39 is 9.05 Å². The summed E-state index contributed by atoms with van der Waals surface area (Å²) < 4.78 is 21.4. The van der Waals surface area contributed by atoms with Gasteiger partial charge < -0.3 is 0 Å². The van der Waals surface area contributed by atoms with Crippen LogP contribution in [0.5, 0.6) is 0 Å². The van der Waals surface area contributed by atoms with Gasteiger partial charge in [0.1, 0.15) is 0 Å². The summed E-state index contributed by atoms with van der Waals surface area (Å²) in [7, 11) is 1.45. The molecule has 0 aromatic carbocycles. The first-order valence-electron chi connectivity index (χ1n) is 3.92. The Morgan fingerprint density at radius 1 is 1.38 bits per heavy atom. The first-order valence-corrected chi connectivity index (χ1v) is 6.23. The molecule has 0 aliphatic rings. The molecule has 0 rings (SSSR count). The van der Waals surface area contributed by atoms with Gasteiger partial charge >= 0.3 is 0 Å². The van der Waals surface area contributed by atoms with E-state index in [9.17, 15) is 8.42 Å². The van der Waals surface area contributed by atoms with Crippen molar-refractivity contribution in [2.24, 2.45) is 0 Å². The second-order valence-corrected chi connectivity index (χ2v) is 4.31. The molecule has 0 heterocycles. The molecule has 0 amide bonds. The highest BCUT2D eigenvalue weighted by Crippen LogP contribution is 2.12. The molecule has 0 unspecified atom stereocenters. The second-order valence-electron chi connectivity index (χ2n) is 1.74. The molecule has 0 aromatic heterocycles. The Kier molecular flexibility index (Phi) is 9.29. The number of allylic oxidation sites excluding steroid dienone is 4. The van der Waals surface area contributed by atoms with Crippen molar-refractivity contribution in [3.05, 3.63) is 35.8 Å². The van der Waals surface area contributed by atoms with Crippen LogP contribution in [0.3, 0.4) is 0 Å². The van der Waals surface area contributed by atoms with E-state index in [1.54, 1.807) is 13.0 Å². The Balaban J connectivity index is 0. The zero-order valence-electron chi connectivity index (χ0n) is 8.12. The molecule has 0 saturated carbocycles. The Morgan fingerprint density at radius 3 is 2.08 bits per heavy atom. The molecule has 0 atom stereocenters. The normalized spacial score (nSPS) is 12.2. The summed E-state index contributed by atoms with van der Waals surface area (Å²) >= 11 is 0. The molecule has 76 valence electrons. The minimum atomic E-state index is -3.61. The molecule has 0 spiro atoms. The van der Waals surface area contributed by atoms with E-state index in [-0.39, 0.29) is 4.91 Å². The number of rotatable bonds is 3. The predicted molar refractivity (Wildman–Crippen MR) is 59.2 cm³/mol. The van der Waals surface area contributed by atoms with Crippen molar-refractivity contribution in [1.82, 2.24) is 0 Å². The summed E-state index contributed by atoms with van der Waals surface area (Å²) in [6.45, 7) is 9.07. The molecule has 0 fully saturated rings. The highest BCUT2D eigenvalue weighted by atomic mass is 35.7. The van der Waals surface area contributed by atoms with Crippen molar-refractivity contribution in [3.8, 4) is 0 Å². The summed E-state index contributed by atoms with van der Waals surface area (Å²) in [5.41, 5.74) is 0. The predicted octanol–water partition coefficient (Wildman–Crippen LogP) is 3.23. The van der Waals surface area contributed by atoms with Crippen molar-refractivity contribution >= 4 is 19.7 Å². The Bertz CT molecular complexity index is 287. The fourth-order valence-corrected chi connectivity index (χ4v) is 1.36. The SMILES string of the molecule is C=C/C=C(\C=C/C)S(=O)(=O)Cl.CC. The molecule has 0 radical (unpaired) electrons. The number of hydrogen-bond acceptors (Lipinski definition) is 2. The van der Waals surface area contributed by atoms with Gasteiger partial charge in [0, 0.05) is 10.7 Å². The van der Waals surface area contributed by atoms with Crippen LogP contribution >= 0.6 is 10.7 Å². The van der Waals surface area contributed by atoms with Crippen molar-refractivity contribution in [2.75, 3.05) is 0 Å². The summed E-state index contributed by atoms with van der Waals surface area (Å²) in [6.07, 6.45) is 5.71. The minimum Gasteiger partial charge on any atom is -0.207 e. The third-order valence-electron chi connectivity index (χ3n) is 0.895. The van der Waals surface area contributed by atoms with Crippen LogP contribution in [0.4, 0.5) is 0 Å². The zero-order chi connectivity index (χ0) is 10.9. The summed E-state index contributed by atoms with van der Waals surface area (Å²) in [5, 5.41) is 0. The van der Waals surface area contributed by atoms with Gasteiger partial charge in [-0.3, -0.25) is 0 Å². The molecular formula is C9H15ClO2S. The first-order chi connectivity index (χ1) is 6.02. The standard InChI is InChI=1S/C7H9ClO2S.C2H6/c1-3-5-7(6-4-2)11(8,9)10;1-2/h3-6H,1H2,2H3;1-2H3/b6-4-,7-5+;. The average molecular weight is 223 g/mol. The third kappa shape index (κ3) is 7.81. The van der Waals surface area contributed by atoms with Crippen molar-refractivity contribution in [3.63, 3.8) is 0 Å². The average Bonchev–Trinajstić information content (AvgIpc) is 2.06. The van der Waals surface area contributed by atoms with E-state index in [1.165, 1.54) is 18.2 Å². The maximum Gasteiger partial charge on any atom is 0.261 e. The van der Waals surface area contributed by atoms with Crippen LogP contribution in [-0.2, 0) is 9.05 Å². The topological polar surface area (TPSA) is 34.1 Å². The van der Waals surface area contributed by atoms with Gasteiger partial charge in [0.15, 0.2) is 0 Å². The second kappa shape index (κ2) is 8.08. The van der Waals surface area contributed by atoms with E-state index in [2.05, 4.69) is 6.58 Å². The van der Waals surface area contributed by atoms with Gasteiger partial charge in [-0.2, -0.15) is 0 Å². The highest BCUT2D eigenvalue weighted by molar-refractivity contribution is 8.17. The monoisotopic (exact) mass is 222 g/mol. The maximum atomic E-state index is 10.7. The summed E-state index contributed by atoms with van der Waals surface area (Å²) in [6, 6.07) is 0. The molecule has 0 aliphatic carbocycles. The number of hydrogen-bond donors (Lipinski definition) is 0. The van der Waals surface area contributed by atoms with E-state index in [0.717, 1.165) is 0 Å². The van der Waals surface area contributed by atoms with Crippen LogP contribution in [0.2, 0.25) is 0 Å². The molecule has 0 aromatic rings. The van der Waals surface area contributed by atoms with Crippen molar-refractivity contribution < 1.29 is 8.42 Å². The molecule has 2 nitrogen and oxygen atoms in total. The lowest BCUT2D eigenvalue weighted by Crippen LogP contribution is -1.90. The lowest BCUT2D eigenvalue weighted by molar-refractivity contribution is 0.615. The van der Waals surface area contributed by atoms with E-state index in [1.807, 2.05) is 13.8 Å². The largest absolute Gasteiger partial charge is 0.261 e. The fraction of sp³-hybridized carbons (Fsp3) is 0.333. The summed E-state index contributed by atoms with van der Waals surface area (Å²) in [4.78, 5) is 0.0525. The first kappa shape index (κ1) is 15.0.